The third-order valence-electron chi connectivity index (χ3n) is 4.06. The second kappa shape index (κ2) is 6.17. The van der Waals surface area contributed by atoms with Crippen molar-refractivity contribution in [2.24, 2.45) is 0 Å². The van der Waals surface area contributed by atoms with Crippen LogP contribution in [0.1, 0.15) is 9.88 Å². The average molecular weight is 326 g/mol. The summed E-state index contributed by atoms with van der Waals surface area (Å²) in [6.45, 7) is 7.09. The summed E-state index contributed by atoms with van der Waals surface area (Å²) >= 11 is 1.79. The molecule has 3 aromatic heterocycles. The Morgan fingerprint density at radius 2 is 1.87 bits per heavy atom. The highest BCUT2D eigenvalue weighted by Crippen LogP contribution is 2.19. The van der Waals surface area contributed by atoms with E-state index in [0.717, 1.165) is 49.1 Å². The van der Waals surface area contributed by atoms with E-state index in [-0.39, 0.29) is 0 Å². The second-order valence-corrected chi connectivity index (χ2v) is 7.00. The first-order valence-corrected chi connectivity index (χ1v) is 8.56. The molecular weight excluding hydrogens is 308 g/mol. The van der Waals surface area contributed by atoms with Gasteiger partial charge in [0.05, 0.1) is 5.01 Å². The Kier molecular flexibility index (Phi) is 3.88. The van der Waals surface area contributed by atoms with Crippen molar-refractivity contribution in [3.8, 4) is 0 Å². The van der Waals surface area contributed by atoms with E-state index in [1.165, 1.54) is 4.88 Å². The molecule has 1 aliphatic heterocycles. The van der Waals surface area contributed by atoms with Gasteiger partial charge in [-0.1, -0.05) is 0 Å². The SMILES string of the molecule is Cc1ncc(CN2CCN(c3ccc4nccnc4n3)CC2)s1. The van der Waals surface area contributed by atoms with Crippen LogP contribution in [-0.2, 0) is 6.54 Å². The lowest BCUT2D eigenvalue weighted by atomic mass is 10.3. The van der Waals surface area contributed by atoms with E-state index in [4.69, 9.17) is 0 Å². The van der Waals surface area contributed by atoms with Gasteiger partial charge >= 0.3 is 0 Å². The van der Waals surface area contributed by atoms with Crippen molar-refractivity contribution in [3.05, 3.63) is 40.6 Å². The average Bonchev–Trinajstić information content (AvgIpc) is 3.00. The molecule has 0 aromatic carbocycles. The molecule has 0 radical (unpaired) electrons. The number of rotatable bonds is 3. The number of thiazole rings is 1. The maximum absolute atomic E-state index is 4.64. The van der Waals surface area contributed by atoms with Gasteiger partial charge < -0.3 is 4.90 Å². The highest BCUT2D eigenvalue weighted by Gasteiger charge is 2.19. The number of anilines is 1. The van der Waals surface area contributed by atoms with Gasteiger partial charge in [-0.05, 0) is 19.1 Å². The molecule has 1 saturated heterocycles. The largest absolute Gasteiger partial charge is 0.354 e. The van der Waals surface area contributed by atoms with E-state index < -0.39 is 0 Å². The maximum Gasteiger partial charge on any atom is 0.180 e. The number of hydrogen-bond donors (Lipinski definition) is 0. The lowest BCUT2D eigenvalue weighted by Gasteiger charge is -2.35. The minimum absolute atomic E-state index is 0.715. The van der Waals surface area contributed by atoms with E-state index in [1.54, 1.807) is 23.7 Å². The van der Waals surface area contributed by atoms with Crippen LogP contribution in [-0.4, -0.2) is 51.0 Å². The van der Waals surface area contributed by atoms with Gasteiger partial charge in [0.25, 0.3) is 0 Å². The van der Waals surface area contributed by atoms with Gasteiger partial charge in [-0.25, -0.2) is 15.0 Å². The topological polar surface area (TPSA) is 58.0 Å². The minimum Gasteiger partial charge on any atom is -0.354 e. The van der Waals surface area contributed by atoms with Crippen molar-refractivity contribution in [2.75, 3.05) is 31.1 Å². The second-order valence-electron chi connectivity index (χ2n) is 5.68. The molecule has 0 N–H and O–H groups in total. The Labute approximate surface area is 138 Å². The van der Waals surface area contributed by atoms with Crippen LogP contribution in [0.2, 0.25) is 0 Å². The fraction of sp³-hybridized carbons (Fsp3) is 0.375. The van der Waals surface area contributed by atoms with Crippen LogP contribution in [0.3, 0.4) is 0 Å². The van der Waals surface area contributed by atoms with Crippen LogP contribution in [0.5, 0.6) is 0 Å². The zero-order valence-corrected chi connectivity index (χ0v) is 13.8. The summed E-state index contributed by atoms with van der Waals surface area (Å²) in [5.41, 5.74) is 1.56. The molecule has 7 heteroatoms. The number of aromatic nitrogens is 4. The van der Waals surface area contributed by atoms with Crippen molar-refractivity contribution < 1.29 is 0 Å². The smallest absolute Gasteiger partial charge is 0.180 e. The van der Waals surface area contributed by atoms with Crippen molar-refractivity contribution in [1.82, 2.24) is 24.8 Å². The minimum atomic E-state index is 0.715. The van der Waals surface area contributed by atoms with Crippen LogP contribution in [0.4, 0.5) is 5.82 Å². The summed E-state index contributed by atoms with van der Waals surface area (Å²) in [5, 5.41) is 1.14. The third-order valence-corrected chi connectivity index (χ3v) is 4.96. The van der Waals surface area contributed by atoms with Crippen LogP contribution in [0.15, 0.2) is 30.7 Å². The van der Waals surface area contributed by atoms with Gasteiger partial charge in [0.15, 0.2) is 5.65 Å². The summed E-state index contributed by atoms with van der Waals surface area (Å²) in [7, 11) is 0. The summed E-state index contributed by atoms with van der Waals surface area (Å²) in [6, 6.07) is 4.04. The summed E-state index contributed by atoms with van der Waals surface area (Å²) in [4.78, 5) is 23.7. The standard InChI is InChI=1S/C16H18N6S/c1-12-19-10-13(23-12)11-21-6-8-22(9-7-21)15-3-2-14-16(20-15)18-5-4-17-14/h2-5,10H,6-9,11H2,1H3. The lowest BCUT2D eigenvalue weighted by Crippen LogP contribution is -2.46. The first-order valence-electron chi connectivity index (χ1n) is 7.74. The van der Waals surface area contributed by atoms with E-state index in [2.05, 4.69) is 36.7 Å². The molecule has 6 nitrogen and oxygen atoms in total. The van der Waals surface area contributed by atoms with E-state index in [1.807, 2.05) is 18.3 Å². The monoisotopic (exact) mass is 326 g/mol. The molecule has 4 heterocycles. The molecule has 0 amide bonds. The summed E-state index contributed by atoms with van der Waals surface area (Å²) < 4.78 is 0. The molecule has 1 aliphatic rings. The van der Waals surface area contributed by atoms with Crippen LogP contribution in [0.25, 0.3) is 11.2 Å². The quantitative estimate of drug-likeness (QED) is 0.735. The number of hydrogen-bond acceptors (Lipinski definition) is 7. The molecule has 0 atom stereocenters. The first kappa shape index (κ1) is 14.5. The van der Waals surface area contributed by atoms with Crippen molar-refractivity contribution >= 4 is 28.3 Å². The van der Waals surface area contributed by atoms with Crippen molar-refractivity contribution in [1.29, 1.82) is 0 Å². The zero-order valence-electron chi connectivity index (χ0n) is 13.0. The molecule has 0 saturated carbocycles. The zero-order chi connectivity index (χ0) is 15.6. The van der Waals surface area contributed by atoms with Gasteiger partial charge in [0, 0.05) is 56.2 Å². The molecule has 0 aliphatic carbocycles. The normalized spacial score (nSPS) is 16.1. The predicted molar refractivity (Wildman–Crippen MR) is 91.7 cm³/mol. The molecule has 0 unspecified atom stereocenters. The highest BCUT2D eigenvalue weighted by molar-refractivity contribution is 7.11. The Balaban J connectivity index is 1.42. The summed E-state index contributed by atoms with van der Waals surface area (Å²) in [6.07, 6.45) is 5.38. The molecule has 4 rings (SSSR count). The van der Waals surface area contributed by atoms with Gasteiger partial charge in [-0.3, -0.25) is 9.88 Å². The van der Waals surface area contributed by atoms with Gasteiger partial charge in [0.2, 0.25) is 0 Å². The van der Waals surface area contributed by atoms with Crippen molar-refractivity contribution in [2.45, 2.75) is 13.5 Å². The Hall–Kier alpha value is -2.12. The highest BCUT2D eigenvalue weighted by atomic mass is 32.1. The number of piperazine rings is 1. The van der Waals surface area contributed by atoms with Crippen LogP contribution in [0, 0.1) is 6.92 Å². The molecule has 23 heavy (non-hydrogen) atoms. The maximum atomic E-state index is 4.64. The fourth-order valence-corrected chi connectivity index (χ4v) is 3.69. The molecule has 3 aromatic rings. The van der Waals surface area contributed by atoms with Gasteiger partial charge in [0.1, 0.15) is 11.3 Å². The molecule has 0 spiro atoms. The number of nitrogens with zero attached hydrogens (tertiary/aromatic N) is 6. The summed E-state index contributed by atoms with van der Waals surface area (Å²) in [5.74, 6) is 0.992. The van der Waals surface area contributed by atoms with Crippen LogP contribution < -0.4 is 4.90 Å². The number of pyridine rings is 1. The van der Waals surface area contributed by atoms with Gasteiger partial charge in [-0.2, -0.15) is 0 Å². The first-order chi connectivity index (χ1) is 11.3. The van der Waals surface area contributed by atoms with Crippen LogP contribution >= 0.6 is 11.3 Å². The number of fused-ring (bicyclic) bond motifs is 1. The molecule has 0 bridgehead atoms. The third kappa shape index (κ3) is 3.16. The lowest BCUT2D eigenvalue weighted by molar-refractivity contribution is 0.251. The molecule has 118 valence electrons. The number of aryl methyl sites for hydroxylation is 1. The molecular formula is C16H18N6S. The predicted octanol–water partition coefficient (Wildman–Crippen LogP) is 2.11. The fourth-order valence-electron chi connectivity index (χ4n) is 2.85. The Bertz CT molecular complexity index is 809. The van der Waals surface area contributed by atoms with E-state index in [0.29, 0.717) is 5.65 Å². The Morgan fingerprint density at radius 1 is 1.04 bits per heavy atom. The Morgan fingerprint density at radius 3 is 2.65 bits per heavy atom. The van der Waals surface area contributed by atoms with Crippen molar-refractivity contribution in [3.63, 3.8) is 0 Å². The van der Waals surface area contributed by atoms with E-state index >= 15 is 0 Å². The van der Waals surface area contributed by atoms with E-state index in [9.17, 15) is 0 Å². The van der Waals surface area contributed by atoms with Gasteiger partial charge in [-0.15, -0.1) is 11.3 Å². The molecule has 1 fully saturated rings.